The Bertz CT molecular complexity index is 440. The Morgan fingerprint density at radius 3 is 2.76 bits per heavy atom. The summed E-state index contributed by atoms with van der Waals surface area (Å²) in [7, 11) is -1.26. The van der Waals surface area contributed by atoms with Gasteiger partial charge in [-0.1, -0.05) is 0 Å². The second-order valence-electron chi connectivity index (χ2n) is 3.46. The van der Waals surface area contributed by atoms with Crippen molar-refractivity contribution in [3.05, 3.63) is 39.7 Å². The van der Waals surface area contributed by atoms with E-state index in [1.807, 2.05) is 0 Å². The summed E-state index contributed by atoms with van der Waals surface area (Å²) in [4.78, 5) is 10.1. The van der Waals surface area contributed by atoms with E-state index in [0.29, 0.717) is 18.7 Å². The molecule has 0 radical (unpaired) electrons. The van der Waals surface area contributed by atoms with Crippen LogP contribution in [0.25, 0.3) is 0 Å². The Labute approximate surface area is 100 Å². The van der Waals surface area contributed by atoms with Crippen LogP contribution in [-0.4, -0.2) is 21.4 Å². The highest BCUT2D eigenvalue weighted by Gasteiger charge is 2.16. The van der Waals surface area contributed by atoms with E-state index in [9.17, 15) is 18.7 Å². The second-order valence-corrected chi connectivity index (χ2v) is 5.04. The van der Waals surface area contributed by atoms with Gasteiger partial charge in [-0.05, 0) is 25.1 Å². The number of nitro benzene ring substituents is 1. The number of nitro groups is 1. The quantitative estimate of drug-likeness (QED) is 0.617. The molecule has 5 nitrogen and oxygen atoms in total. The predicted octanol–water partition coefficient (Wildman–Crippen LogP) is 1.33. The lowest BCUT2D eigenvalue weighted by atomic mass is 10.2. The molecule has 1 rings (SSSR count). The van der Waals surface area contributed by atoms with Crippen LogP contribution >= 0.6 is 0 Å². The zero-order valence-electron chi connectivity index (χ0n) is 9.10. The maximum atomic E-state index is 13.0. The zero-order valence-corrected chi connectivity index (χ0v) is 9.91. The van der Waals surface area contributed by atoms with E-state index in [-0.39, 0.29) is 17.0 Å². The molecule has 0 aromatic heterocycles. The fraction of sp³-hybridized carbons (Fsp3) is 0.400. The van der Waals surface area contributed by atoms with Crippen molar-refractivity contribution in [2.45, 2.75) is 12.2 Å². The lowest BCUT2D eigenvalue weighted by Gasteiger charge is -2.03. The number of hydrogen-bond donors (Lipinski definition) is 1. The SMILES string of the molecule is NCCCS(=O)Cc1cc(F)ccc1[N+](=O)[O-]. The minimum atomic E-state index is -1.26. The van der Waals surface area contributed by atoms with E-state index < -0.39 is 21.5 Å². The third-order valence-electron chi connectivity index (χ3n) is 2.13. The highest BCUT2D eigenvalue weighted by atomic mass is 32.2. The Balaban J connectivity index is 2.85. The topological polar surface area (TPSA) is 86.2 Å². The molecule has 1 aromatic rings. The van der Waals surface area contributed by atoms with Gasteiger partial charge in [0.1, 0.15) is 5.82 Å². The molecule has 17 heavy (non-hydrogen) atoms. The summed E-state index contributed by atoms with van der Waals surface area (Å²) in [6, 6.07) is 3.16. The number of nitrogens with two attached hydrogens (primary N) is 1. The van der Waals surface area contributed by atoms with Crippen molar-refractivity contribution in [3.63, 3.8) is 0 Å². The Morgan fingerprint density at radius 2 is 2.18 bits per heavy atom. The molecule has 0 bridgehead atoms. The number of benzene rings is 1. The average Bonchev–Trinajstić information content (AvgIpc) is 2.26. The van der Waals surface area contributed by atoms with Gasteiger partial charge in [0.05, 0.1) is 10.7 Å². The van der Waals surface area contributed by atoms with Crippen LogP contribution in [0.2, 0.25) is 0 Å². The van der Waals surface area contributed by atoms with Gasteiger partial charge in [-0.15, -0.1) is 0 Å². The van der Waals surface area contributed by atoms with Crippen LogP contribution in [0.4, 0.5) is 10.1 Å². The van der Waals surface area contributed by atoms with Crippen LogP contribution in [0.15, 0.2) is 18.2 Å². The van der Waals surface area contributed by atoms with Gasteiger partial charge in [0.25, 0.3) is 5.69 Å². The van der Waals surface area contributed by atoms with Crippen LogP contribution in [-0.2, 0) is 16.6 Å². The maximum Gasteiger partial charge on any atom is 0.273 e. The fourth-order valence-corrected chi connectivity index (χ4v) is 2.55. The van der Waals surface area contributed by atoms with E-state index in [1.165, 1.54) is 0 Å². The number of rotatable bonds is 6. The normalized spacial score (nSPS) is 12.4. The van der Waals surface area contributed by atoms with E-state index in [2.05, 4.69) is 0 Å². The number of nitrogens with zero attached hydrogens (tertiary/aromatic N) is 1. The minimum absolute atomic E-state index is 0.0198. The van der Waals surface area contributed by atoms with Crippen LogP contribution in [0, 0.1) is 15.9 Å². The number of halogens is 1. The molecule has 1 atom stereocenters. The predicted molar refractivity (Wildman–Crippen MR) is 63.4 cm³/mol. The summed E-state index contributed by atoms with van der Waals surface area (Å²) in [6.07, 6.45) is 0.579. The lowest BCUT2D eigenvalue weighted by molar-refractivity contribution is -0.385. The second kappa shape index (κ2) is 6.41. The van der Waals surface area contributed by atoms with Gasteiger partial charge in [-0.3, -0.25) is 14.3 Å². The van der Waals surface area contributed by atoms with Crippen molar-refractivity contribution in [1.29, 1.82) is 0 Å². The Morgan fingerprint density at radius 1 is 1.47 bits per heavy atom. The van der Waals surface area contributed by atoms with Gasteiger partial charge in [0.15, 0.2) is 0 Å². The van der Waals surface area contributed by atoms with Crippen molar-refractivity contribution in [2.75, 3.05) is 12.3 Å². The molecule has 0 heterocycles. The van der Waals surface area contributed by atoms with Crippen molar-refractivity contribution in [2.24, 2.45) is 5.73 Å². The summed E-state index contributed by atoms with van der Waals surface area (Å²) >= 11 is 0. The lowest BCUT2D eigenvalue weighted by Crippen LogP contribution is -2.08. The highest BCUT2D eigenvalue weighted by molar-refractivity contribution is 7.84. The molecule has 2 N–H and O–H groups in total. The molecule has 0 spiro atoms. The molecule has 0 saturated heterocycles. The summed E-state index contributed by atoms with van der Waals surface area (Å²) in [5.74, 6) is -0.223. The summed E-state index contributed by atoms with van der Waals surface area (Å²) in [6.45, 7) is 0.414. The Hall–Kier alpha value is -1.34. The molecular weight excluding hydrogens is 247 g/mol. The van der Waals surface area contributed by atoms with Crippen LogP contribution in [0.5, 0.6) is 0 Å². The molecule has 94 valence electrons. The molecule has 0 aliphatic heterocycles. The molecule has 1 unspecified atom stereocenters. The van der Waals surface area contributed by atoms with Crippen LogP contribution < -0.4 is 5.73 Å². The molecule has 1 aromatic carbocycles. The molecule has 0 aliphatic carbocycles. The molecule has 0 fully saturated rings. The van der Waals surface area contributed by atoms with Crippen LogP contribution in [0.3, 0.4) is 0 Å². The molecular formula is C10H13FN2O3S. The maximum absolute atomic E-state index is 13.0. The van der Waals surface area contributed by atoms with Gasteiger partial charge >= 0.3 is 0 Å². The van der Waals surface area contributed by atoms with Crippen molar-refractivity contribution in [3.8, 4) is 0 Å². The van der Waals surface area contributed by atoms with Gasteiger partial charge in [-0.2, -0.15) is 0 Å². The van der Waals surface area contributed by atoms with E-state index in [4.69, 9.17) is 5.73 Å². The van der Waals surface area contributed by atoms with E-state index in [1.54, 1.807) is 0 Å². The average molecular weight is 260 g/mol. The highest BCUT2D eigenvalue weighted by Crippen LogP contribution is 2.21. The summed E-state index contributed by atoms with van der Waals surface area (Å²) in [5, 5.41) is 10.7. The molecule has 0 aliphatic rings. The van der Waals surface area contributed by atoms with E-state index >= 15 is 0 Å². The van der Waals surface area contributed by atoms with Crippen LogP contribution in [0.1, 0.15) is 12.0 Å². The van der Waals surface area contributed by atoms with Crippen molar-refractivity contribution >= 4 is 16.5 Å². The first-order valence-corrected chi connectivity index (χ1v) is 6.51. The molecule has 0 amide bonds. The fourth-order valence-electron chi connectivity index (χ4n) is 1.34. The van der Waals surface area contributed by atoms with E-state index in [0.717, 1.165) is 18.2 Å². The van der Waals surface area contributed by atoms with Gasteiger partial charge in [-0.25, -0.2) is 4.39 Å². The largest absolute Gasteiger partial charge is 0.330 e. The van der Waals surface area contributed by atoms with Crippen molar-refractivity contribution in [1.82, 2.24) is 0 Å². The first-order valence-electron chi connectivity index (χ1n) is 5.02. The van der Waals surface area contributed by atoms with Gasteiger partial charge in [0, 0.05) is 28.2 Å². The smallest absolute Gasteiger partial charge is 0.273 e. The zero-order chi connectivity index (χ0) is 12.8. The Kier molecular flexibility index (Phi) is 5.17. The first-order chi connectivity index (χ1) is 8.04. The first kappa shape index (κ1) is 13.7. The summed E-state index contributed by atoms with van der Waals surface area (Å²) in [5.41, 5.74) is 5.23. The third-order valence-corrected chi connectivity index (χ3v) is 3.51. The standard InChI is InChI=1S/C10H13FN2O3S/c11-9-2-3-10(13(14)15)8(6-9)7-17(16)5-1-4-12/h2-3,6H,1,4-5,7,12H2. The monoisotopic (exact) mass is 260 g/mol. The minimum Gasteiger partial charge on any atom is -0.330 e. The van der Waals surface area contributed by atoms with Crippen molar-refractivity contribution < 1.29 is 13.5 Å². The third kappa shape index (κ3) is 4.20. The molecule has 7 heteroatoms. The van der Waals surface area contributed by atoms with Gasteiger partial charge in [0.2, 0.25) is 0 Å². The summed E-state index contributed by atoms with van der Waals surface area (Å²) < 4.78 is 24.5. The van der Waals surface area contributed by atoms with Gasteiger partial charge < -0.3 is 5.73 Å². The number of hydrogen-bond acceptors (Lipinski definition) is 4. The molecule has 0 saturated carbocycles.